The number of aromatic nitrogens is 6. The Kier molecular flexibility index (Phi) is 32.5. The zero-order valence-corrected chi connectivity index (χ0v) is 69.2. The number of aromatic carboxylic acids is 1. The predicted molar refractivity (Wildman–Crippen MR) is 464 cm³/mol. The Labute approximate surface area is 693 Å². The van der Waals surface area contributed by atoms with Gasteiger partial charge in [-0.05, 0) is 226 Å². The number of carboxylic acids is 1. The number of halogens is 4. The molecule has 0 aliphatic heterocycles. The second-order valence-corrected chi connectivity index (χ2v) is 29.3. The zero-order valence-electron chi connectivity index (χ0n) is 68.4. The fourth-order valence-electron chi connectivity index (χ4n) is 12.4. The van der Waals surface area contributed by atoms with Crippen LogP contribution in [0.3, 0.4) is 0 Å². The molecule has 0 aliphatic carbocycles. The number of carbonyl (C=O) groups is 5. The van der Waals surface area contributed by atoms with Gasteiger partial charge in [-0.1, -0.05) is 130 Å². The van der Waals surface area contributed by atoms with Crippen molar-refractivity contribution >= 4 is 93.6 Å². The van der Waals surface area contributed by atoms with E-state index in [0.717, 1.165) is 59.6 Å². The fourth-order valence-corrected chi connectivity index (χ4v) is 12.4. The quantitative estimate of drug-likeness (QED) is 0.0262. The van der Waals surface area contributed by atoms with Gasteiger partial charge in [-0.3, -0.25) is 9.59 Å². The number of hydrogen-bond donors (Lipinski definition) is 7. The van der Waals surface area contributed by atoms with Crippen LogP contribution in [0.15, 0.2) is 237 Å². The normalized spacial score (nSPS) is 10.8. The minimum Gasteiger partial charge on any atom is -0.477 e. The van der Waals surface area contributed by atoms with E-state index in [1.807, 2.05) is 181 Å². The van der Waals surface area contributed by atoms with Crippen LogP contribution in [0.1, 0.15) is 147 Å². The topological polar surface area (TPSA) is 287 Å². The molecular formula is C91H103ClF3N15O8. The highest BCUT2D eigenvalue weighted by atomic mass is 35.5. The van der Waals surface area contributed by atoms with Crippen molar-refractivity contribution in [1.82, 2.24) is 40.0 Å². The van der Waals surface area contributed by atoms with Crippen LogP contribution >= 0.6 is 12.4 Å². The van der Waals surface area contributed by atoms with Crippen molar-refractivity contribution in [2.24, 2.45) is 5.73 Å². The lowest BCUT2D eigenvalue weighted by atomic mass is 10.2. The zero-order chi connectivity index (χ0) is 84.5. The Balaban J connectivity index is 0.000000204. The van der Waals surface area contributed by atoms with E-state index >= 15 is 8.78 Å². The molecule has 0 fully saturated rings. The van der Waals surface area contributed by atoms with Gasteiger partial charge in [-0.25, -0.2) is 41.6 Å². The van der Waals surface area contributed by atoms with E-state index in [1.165, 1.54) is 15.4 Å². The lowest BCUT2D eigenvalue weighted by Crippen LogP contribution is -2.32. The molecule has 0 radical (unpaired) electrons. The van der Waals surface area contributed by atoms with Gasteiger partial charge in [-0.15, -0.1) is 12.4 Å². The first-order valence-corrected chi connectivity index (χ1v) is 38.5. The van der Waals surface area contributed by atoms with E-state index in [4.69, 9.17) is 20.9 Å². The Morgan fingerprint density at radius 1 is 0.424 bits per heavy atom. The SMILES string of the molecule is CCCN(c1ccccc1)c1cccc(N)c1F.CCCN(c1ccccc1)c1cccc(NC(=O)c2cc(C)nn2-c2cccc(CN)c2)c1F.CCCN(c1ccccc1)c1cccc(NC(=O)c2cc(C)nn2-c2cccc(CNC(=O)OC(C)(C)C)c2)c1F.Cc1cc(C(=O)O)n(-c2cccc(CNC(=O)OC(C)(C)C)c2)n1.Cl. The maximum Gasteiger partial charge on any atom is 0.407 e. The van der Waals surface area contributed by atoms with Crippen LogP contribution < -0.4 is 47.4 Å². The van der Waals surface area contributed by atoms with Crippen LogP contribution in [-0.2, 0) is 29.1 Å². The van der Waals surface area contributed by atoms with Gasteiger partial charge in [0.1, 0.15) is 22.6 Å². The highest BCUT2D eigenvalue weighted by molar-refractivity contribution is 6.05. The molecule has 12 rings (SSSR count). The third kappa shape index (κ3) is 25.2. The van der Waals surface area contributed by atoms with Crippen molar-refractivity contribution < 1.29 is 51.7 Å². The number of rotatable bonds is 25. The number of ether oxygens (including phenoxy) is 2. The summed E-state index contributed by atoms with van der Waals surface area (Å²) in [5, 5.41) is 33.3. The van der Waals surface area contributed by atoms with Crippen molar-refractivity contribution in [2.75, 3.05) is 50.7 Å². The number of hydrogen-bond acceptors (Lipinski definition) is 15. The van der Waals surface area contributed by atoms with Crippen LogP contribution in [-0.4, -0.2) is 95.3 Å². The second-order valence-electron chi connectivity index (χ2n) is 29.3. The molecule has 3 heterocycles. The monoisotopic (exact) mass is 1630 g/mol. The summed E-state index contributed by atoms with van der Waals surface area (Å²) in [6.07, 6.45) is 1.56. The number of carbonyl (C=O) groups excluding carboxylic acids is 4. The minimum absolute atomic E-state index is 0. The molecule has 118 heavy (non-hydrogen) atoms. The van der Waals surface area contributed by atoms with Gasteiger partial charge in [0.2, 0.25) is 0 Å². The van der Waals surface area contributed by atoms with E-state index in [9.17, 15) is 33.5 Å². The first kappa shape index (κ1) is 90.3. The molecule has 0 saturated heterocycles. The summed E-state index contributed by atoms with van der Waals surface area (Å²) < 4.78 is 60.5. The van der Waals surface area contributed by atoms with Gasteiger partial charge in [-0.2, -0.15) is 15.3 Å². The number of nitrogens with two attached hydrogens (primary N) is 2. The highest BCUT2D eigenvalue weighted by Gasteiger charge is 2.26. The Hall–Kier alpha value is -13.2. The van der Waals surface area contributed by atoms with E-state index in [2.05, 4.69) is 43.5 Å². The molecule has 0 atom stereocenters. The minimum atomic E-state index is -1.05. The first-order valence-electron chi connectivity index (χ1n) is 38.5. The Morgan fingerprint density at radius 3 is 1.08 bits per heavy atom. The van der Waals surface area contributed by atoms with Gasteiger partial charge < -0.3 is 62.0 Å². The molecule has 4 amide bonds. The molecule has 0 bridgehead atoms. The van der Waals surface area contributed by atoms with E-state index < -0.39 is 52.8 Å². The molecule has 0 aliphatic rings. The third-order valence-corrected chi connectivity index (χ3v) is 17.4. The summed E-state index contributed by atoms with van der Waals surface area (Å²) in [5.74, 6) is -3.35. The number of para-hydroxylation sites is 3. The highest BCUT2D eigenvalue weighted by Crippen LogP contribution is 2.36. The van der Waals surface area contributed by atoms with Gasteiger partial charge in [0.05, 0.1) is 68.3 Å². The molecule has 9 aromatic carbocycles. The summed E-state index contributed by atoms with van der Waals surface area (Å²) in [7, 11) is 0. The molecule has 618 valence electrons. The number of nitrogen functional groups attached to an aromatic ring is 1. The van der Waals surface area contributed by atoms with Crippen molar-refractivity contribution in [3.63, 3.8) is 0 Å². The number of benzene rings is 9. The van der Waals surface area contributed by atoms with Crippen LogP contribution in [0, 0.1) is 38.2 Å². The standard InChI is InChI=1S/C32H36FN5O3.C27H28FN5O.C17H21N3O4.C15H17FN2.ClH/c1-6-18-37(24-13-8-7-9-14-24)27-17-11-16-26(29(27)33)35-30(39)28-19-22(2)36-38(28)25-15-10-12-23(20-25)21-34-31(40)41-32(3,4)5;1-3-15-32(21-10-5-4-6-11-21)24-14-8-13-23(26(24)28)30-27(34)25-16-19(2)31-33(25)22-12-7-9-20(17-22)18-29;1-11-8-14(15(21)22)20(19-11)13-7-5-6-12(9-13)10-18-16(23)24-17(2,3)4;1-2-11-18(12-7-4-3-5-8-12)14-10-6-9-13(17)15(14)16;/h7-17,19-20H,6,18,21H2,1-5H3,(H,34,40)(H,35,39);4-14,16-17H,3,15,18,29H2,1-2H3,(H,30,34);5-9H,10H2,1-4H3,(H,18,23)(H,21,22);3-10H,2,11,17H2,1H3;1H. The molecule has 27 heteroatoms. The lowest BCUT2D eigenvalue weighted by molar-refractivity contribution is 0.0512. The molecule has 0 unspecified atom stereocenters. The van der Waals surface area contributed by atoms with Crippen LogP contribution in [0.5, 0.6) is 0 Å². The van der Waals surface area contributed by atoms with E-state index in [0.29, 0.717) is 76.5 Å². The fraction of sp³-hybridized carbons (Fsp3) is 0.253. The van der Waals surface area contributed by atoms with Crippen molar-refractivity contribution in [3.05, 3.63) is 305 Å². The molecule has 12 aromatic rings. The van der Waals surface area contributed by atoms with Crippen LogP contribution in [0.25, 0.3) is 17.1 Å². The molecule has 0 spiro atoms. The average molecular weight is 1630 g/mol. The summed E-state index contributed by atoms with van der Waals surface area (Å²) >= 11 is 0. The van der Waals surface area contributed by atoms with Crippen LogP contribution in [0.2, 0.25) is 0 Å². The number of aryl methyl sites for hydroxylation is 3. The van der Waals surface area contributed by atoms with Crippen LogP contribution in [0.4, 0.5) is 73.9 Å². The number of nitrogens with one attached hydrogen (secondary N) is 4. The first-order chi connectivity index (χ1) is 56.0. The van der Waals surface area contributed by atoms with Gasteiger partial charge in [0, 0.05) is 56.3 Å². The number of anilines is 9. The van der Waals surface area contributed by atoms with Gasteiger partial charge in [0.15, 0.2) is 23.1 Å². The van der Waals surface area contributed by atoms with E-state index in [-0.39, 0.29) is 59.8 Å². The lowest BCUT2D eigenvalue weighted by Gasteiger charge is -2.25. The van der Waals surface area contributed by atoms with Crippen molar-refractivity contribution in [1.29, 1.82) is 0 Å². The number of alkyl carbamates (subject to hydrolysis) is 2. The summed E-state index contributed by atoms with van der Waals surface area (Å²) in [4.78, 5) is 67.5. The van der Waals surface area contributed by atoms with Crippen molar-refractivity contribution in [3.8, 4) is 17.1 Å². The summed E-state index contributed by atoms with van der Waals surface area (Å²) in [5.41, 5.74) is 21.7. The third-order valence-electron chi connectivity index (χ3n) is 17.4. The Morgan fingerprint density at radius 2 is 0.737 bits per heavy atom. The maximum atomic E-state index is 15.8. The van der Waals surface area contributed by atoms with Gasteiger partial charge in [0.25, 0.3) is 11.8 Å². The number of carboxylic acid groups (broad SMARTS) is 1. The largest absolute Gasteiger partial charge is 0.477 e. The summed E-state index contributed by atoms with van der Waals surface area (Å²) in [6, 6.07) is 70.9. The molecule has 3 aromatic heterocycles. The van der Waals surface area contributed by atoms with E-state index in [1.54, 1.807) is 145 Å². The Bertz CT molecular complexity index is 5340. The molecule has 0 saturated carbocycles. The number of nitrogens with zero attached hydrogens (tertiary/aromatic N) is 9. The molecular weight excluding hydrogens is 1520 g/mol. The summed E-state index contributed by atoms with van der Waals surface area (Å²) in [6.45, 7) is 25.1. The average Bonchev–Trinajstić information content (AvgIpc) is 1.28. The predicted octanol–water partition coefficient (Wildman–Crippen LogP) is 20.0. The molecule has 23 nitrogen and oxygen atoms in total. The molecule has 9 N–H and O–H groups in total. The number of amides is 4. The van der Waals surface area contributed by atoms with Gasteiger partial charge >= 0.3 is 18.2 Å². The second kappa shape index (κ2) is 42.4. The smallest absolute Gasteiger partial charge is 0.407 e. The van der Waals surface area contributed by atoms with Crippen molar-refractivity contribution in [2.45, 2.75) is 133 Å². The maximum absolute atomic E-state index is 15.8.